The lowest BCUT2D eigenvalue weighted by atomic mass is 10.2. The van der Waals surface area contributed by atoms with Gasteiger partial charge in [0.25, 0.3) is 0 Å². The second-order valence-electron chi connectivity index (χ2n) is 5.33. The molecule has 1 aliphatic rings. The molecule has 1 aliphatic heterocycles. The lowest BCUT2D eigenvalue weighted by Gasteiger charge is -2.35. The van der Waals surface area contributed by atoms with Crippen LogP contribution in [-0.2, 0) is 0 Å². The molecule has 0 aromatic carbocycles. The maximum atomic E-state index is 5.33. The Balaban J connectivity index is 1.61. The van der Waals surface area contributed by atoms with E-state index in [1.54, 1.807) is 0 Å². The number of aryl methyl sites for hydroxylation is 1. The van der Waals surface area contributed by atoms with Gasteiger partial charge < -0.3 is 14.5 Å². The zero-order valence-electron chi connectivity index (χ0n) is 13.1. The molecule has 6 nitrogen and oxygen atoms in total. The van der Waals surface area contributed by atoms with Crippen LogP contribution in [0.1, 0.15) is 12.5 Å². The fourth-order valence-electron chi connectivity index (χ4n) is 2.56. The van der Waals surface area contributed by atoms with Gasteiger partial charge in [-0.1, -0.05) is 0 Å². The van der Waals surface area contributed by atoms with E-state index in [0.29, 0.717) is 12.5 Å². The quantitative estimate of drug-likeness (QED) is 0.859. The van der Waals surface area contributed by atoms with E-state index in [4.69, 9.17) is 4.74 Å². The van der Waals surface area contributed by atoms with Crippen LogP contribution in [0.15, 0.2) is 30.5 Å². The number of rotatable bonds is 4. The summed E-state index contributed by atoms with van der Waals surface area (Å²) in [5, 5.41) is 8.34. The number of anilines is 2. The first-order valence-corrected chi connectivity index (χ1v) is 7.65. The summed E-state index contributed by atoms with van der Waals surface area (Å²) >= 11 is 0. The molecule has 2 aromatic heterocycles. The van der Waals surface area contributed by atoms with Gasteiger partial charge in [0.05, 0.1) is 6.61 Å². The largest absolute Gasteiger partial charge is 0.477 e. The molecule has 0 radical (unpaired) electrons. The van der Waals surface area contributed by atoms with Gasteiger partial charge in [-0.2, -0.15) is 0 Å². The normalized spacial score (nSPS) is 15.0. The minimum Gasteiger partial charge on any atom is -0.477 e. The number of hydrogen-bond acceptors (Lipinski definition) is 6. The second kappa shape index (κ2) is 6.60. The zero-order chi connectivity index (χ0) is 15.4. The van der Waals surface area contributed by atoms with Gasteiger partial charge in [-0.05, 0) is 37.6 Å². The van der Waals surface area contributed by atoms with Crippen molar-refractivity contribution < 1.29 is 4.74 Å². The molecule has 6 heteroatoms. The highest BCUT2D eigenvalue weighted by molar-refractivity contribution is 5.45. The maximum absolute atomic E-state index is 5.33. The molecule has 0 N–H and O–H groups in total. The summed E-state index contributed by atoms with van der Waals surface area (Å²) in [6.45, 7) is 8.34. The van der Waals surface area contributed by atoms with Crippen molar-refractivity contribution in [3.63, 3.8) is 0 Å². The Bertz CT molecular complexity index is 608. The summed E-state index contributed by atoms with van der Waals surface area (Å²) < 4.78 is 5.33. The Morgan fingerprint density at radius 2 is 1.73 bits per heavy atom. The van der Waals surface area contributed by atoms with Crippen molar-refractivity contribution >= 4 is 11.6 Å². The molecule has 0 aliphatic carbocycles. The Morgan fingerprint density at radius 1 is 1.00 bits per heavy atom. The van der Waals surface area contributed by atoms with Crippen molar-refractivity contribution in [2.75, 3.05) is 42.6 Å². The van der Waals surface area contributed by atoms with E-state index >= 15 is 0 Å². The van der Waals surface area contributed by atoms with Gasteiger partial charge in [-0.25, -0.2) is 4.98 Å². The number of piperazine rings is 1. The maximum Gasteiger partial charge on any atom is 0.233 e. The van der Waals surface area contributed by atoms with Crippen molar-refractivity contribution in [2.24, 2.45) is 0 Å². The van der Waals surface area contributed by atoms with Crippen molar-refractivity contribution in [3.8, 4) is 5.88 Å². The molecule has 0 saturated carbocycles. The minimum absolute atomic E-state index is 0.578. The summed E-state index contributed by atoms with van der Waals surface area (Å²) in [5.41, 5.74) is 1.24. The number of nitrogens with zero attached hydrogens (tertiary/aromatic N) is 5. The van der Waals surface area contributed by atoms with Gasteiger partial charge in [0.1, 0.15) is 5.82 Å². The van der Waals surface area contributed by atoms with Gasteiger partial charge in [-0.15, -0.1) is 10.2 Å². The van der Waals surface area contributed by atoms with Crippen LogP contribution in [-0.4, -0.2) is 48.0 Å². The van der Waals surface area contributed by atoms with E-state index < -0.39 is 0 Å². The van der Waals surface area contributed by atoms with Crippen LogP contribution in [0.3, 0.4) is 0 Å². The standard InChI is InChI=1S/C16H21N5O/c1-3-22-16-5-4-14(18-19-16)20-8-10-21(11-9-20)15-12-13(2)6-7-17-15/h4-7,12H,3,8-11H2,1-2H3. The van der Waals surface area contributed by atoms with Gasteiger partial charge >= 0.3 is 0 Å². The summed E-state index contributed by atoms with van der Waals surface area (Å²) in [4.78, 5) is 9.01. The number of pyridine rings is 1. The molecule has 1 fully saturated rings. The highest BCUT2D eigenvalue weighted by Gasteiger charge is 2.19. The van der Waals surface area contributed by atoms with Crippen LogP contribution in [0.25, 0.3) is 0 Å². The average molecular weight is 299 g/mol. The predicted molar refractivity (Wildman–Crippen MR) is 86.6 cm³/mol. The zero-order valence-corrected chi connectivity index (χ0v) is 13.1. The number of ether oxygens (including phenoxy) is 1. The first-order valence-electron chi connectivity index (χ1n) is 7.65. The molecular formula is C16H21N5O. The van der Waals surface area contributed by atoms with Gasteiger partial charge in [0, 0.05) is 38.4 Å². The third-order valence-electron chi connectivity index (χ3n) is 3.75. The van der Waals surface area contributed by atoms with E-state index in [1.807, 2.05) is 31.3 Å². The van der Waals surface area contributed by atoms with E-state index in [9.17, 15) is 0 Å². The summed E-state index contributed by atoms with van der Waals surface area (Å²) in [6.07, 6.45) is 1.87. The fourth-order valence-corrected chi connectivity index (χ4v) is 2.56. The van der Waals surface area contributed by atoms with E-state index in [2.05, 4.69) is 38.0 Å². The molecule has 22 heavy (non-hydrogen) atoms. The Labute approximate surface area is 130 Å². The van der Waals surface area contributed by atoms with Crippen LogP contribution >= 0.6 is 0 Å². The van der Waals surface area contributed by atoms with Crippen molar-refractivity contribution in [3.05, 3.63) is 36.0 Å². The molecule has 2 aromatic rings. The monoisotopic (exact) mass is 299 g/mol. The van der Waals surface area contributed by atoms with E-state index in [-0.39, 0.29) is 0 Å². The summed E-state index contributed by atoms with van der Waals surface area (Å²) in [7, 11) is 0. The third kappa shape index (κ3) is 3.27. The van der Waals surface area contributed by atoms with Gasteiger partial charge in [0.15, 0.2) is 5.82 Å². The molecule has 116 valence electrons. The first kappa shape index (κ1) is 14.6. The summed E-state index contributed by atoms with van der Waals surface area (Å²) in [5.74, 6) is 2.53. The fraction of sp³-hybridized carbons (Fsp3) is 0.438. The second-order valence-corrected chi connectivity index (χ2v) is 5.33. The van der Waals surface area contributed by atoms with Crippen LogP contribution in [0.4, 0.5) is 11.6 Å². The summed E-state index contributed by atoms with van der Waals surface area (Å²) in [6, 6.07) is 8.00. The lowest BCUT2D eigenvalue weighted by molar-refractivity contribution is 0.322. The molecule has 0 amide bonds. The Kier molecular flexibility index (Phi) is 4.37. The van der Waals surface area contributed by atoms with Crippen LogP contribution < -0.4 is 14.5 Å². The molecule has 3 heterocycles. The third-order valence-corrected chi connectivity index (χ3v) is 3.75. The molecule has 0 atom stereocenters. The van der Waals surface area contributed by atoms with Gasteiger partial charge in [0.2, 0.25) is 5.88 Å². The SMILES string of the molecule is CCOc1ccc(N2CCN(c3cc(C)ccn3)CC2)nn1. The molecule has 0 bridgehead atoms. The highest BCUT2D eigenvalue weighted by atomic mass is 16.5. The highest BCUT2D eigenvalue weighted by Crippen LogP contribution is 2.18. The predicted octanol–water partition coefficient (Wildman–Crippen LogP) is 1.91. The Hall–Kier alpha value is -2.37. The van der Waals surface area contributed by atoms with E-state index in [1.165, 1.54) is 5.56 Å². The average Bonchev–Trinajstić information content (AvgIpc) is 2.56. The van der Waals surface area contributed by atoms with Crippen molar-refractivity contribution in [1.29, 1.82) is 0 Å². The topological polar surface area (TPSA) is 54.4 Å². The smallest absolute Gasteiger partial charge is 0.233 e. The molecule has 0 unspecified atom stereocenters. The van der Waals surface area contributed by atoms with Crippen LogP contribution in [0.5, 0.6) is 5.88 Å². The Morgan fingerprint density at radius 3 is 2.32 bits per heavy atom. The van der Waals surface area contributed by atoms with Crippen molar-refractivity contribution in [2.45, 2.75) is 13.8 Å². The molecule has 1 saturated heterocycles. The number of aromatic nitrogens is 3. The van der Waals surface area contributed by atoms with Gasteiger partial charge in [-0.3, -0.25) is 0 Å². The van der Waals surface area contributed by atoms with E-state index in [0.717, 1.165) is 37.8 Å². The minimum atomic E-state index is 0.578. The van der Waals surface area contributed by atoms with Crippen molar-refractivity contribution in [1.82, 2.24) is 15.2 Å². The lowest BCUT2D eigenvalue weighted by Crippen LogP contribution is -2.47. The molecule has 3 rings (SSSR count). The molecule has 0 spiro atoms. The van der Waals surface area contributed by atoms with Crippen LogP contribution in [0, 0.1) is 6.92 Å². The number of hydrogen-bond donors (Lipinski definition) is 0. The molecular weight excluding hydrogens is 278 g/mol. The first-order chi connectivity index (χ1) is 10.8. The van der Waals surface area contributed by atoms with Crippen LogP contribution in [0.2, 0.25) is 0 Å².